The predicted octanol–water partition coefficient (Wildman–Crippen LogP) is 1.63. The molecule has 0 saturated carbocycles. The Morgan fingerprint density at radius 3 is 2.62 bits per heavy atom. The summed E-state index contributed by atoms with van der Waals surface area (Å²) < 4.78 is 41.9. The number of carbonyl (C=O) groups excluding carboxylic acids is 1. The fraction of sp³-hybridized carbons (Fsp3) is 0.333. The van der Waals surface area contributed by atoms with Gasteiger partial charge in [0.2, 0.25) is 0 Å². The van der Waals surface area contributed by atoms with E-state index in [0.29, 0.717) is 6.07 Å². The minimum Gasteiger partial charge on any atom is -0.462 e. The van der Waals surface area contributed by atoms with Gasteiger partial charge in [0.05, 0.1) is 12.3 Å². The minimum absolute atomic E-state index is 0.0473. The fourth-order valence-corrected chi connectivity index (χ4v) is 1.06. The van der Waals surface area contributed by atoms with Crippen LogP contribution in [-0.2, 0) is 4.74 Å². The van der Waals surface area contributed by atoms with Crippen LogP contribution >= 0.6 is 0 Å². The molecule has 0 fully saturated rings. The second-order valence-corrected chi connectivity index (χ2v) is 2.80. The van der Waals surface area contributed by atoms with Crippen LogP contribution in [0.25, 0.3) is 0 Å². The van der Waals surface area contributed by atoms with E-state index < -0.39 is 35.0 Å². The molecule has 0 radical (unpaired) electrons. The third-order valence-corrected chi connectivity index (χ3v) is 1.72. The number of esters is 1. The molecular formula is C9H8F3NO3. The van der Waals surface area contributed by atoms with Crippen LogP contribution in [0.3, 0.4) is 0 Å². The first-order chi connectivity index (χ1) is 7.47. The molecule has 4 nitrogen and oxygen atoms in total. The maximum atomic E-state index is 13.2. The number of aromatic amines is 1. The van der Waals surface area contributed by atoms with Crippen molar-refractivity contribution in [2.75, 3.05) is 6.61 Å². The van der Waals surface area contributed by atoms with Gasteiger partial charge in [-0.3, -0.25) is 4.79 Å². The Hall–Kier alpha value is -1.79. The highest BCUT2D eigenvalue weighted by molar-refractivity contribution is 5.89. The maximum absolute atomic E-state index is 13.2. The molecule has 0 bridgehead atoms. The van der Waals surface area contributed by atoms with Crippen molar-refractivity contribution in [2.45, 2.75) is 13.3 Å². The molecule has 7 heteroatoms. The van der Waals surface area contributed by atoms with Crippen LogP contribution < -0.4 is 5.56 Å². The number of pyridine rings is 1. The zero-order valence-electron chi connectivity index (χ0n) is 8.22. The van der Waals surface area contributed by atoms with Gasteiger partial charge >= 0.3 is 5.97 Å². The van der Waals surface area contributed by atoms with Crippen LogP contribution in [0, 0.1) is 5.82 Å². The van der Waals surface area contributed by atoms with Crippen molar-refractivity contribution in [1.29, 1.82) is 0 Å². The fourth-order valence-electron chi connectivity index (χ4n) is 1.06. The van der Waals surface area contributed by atoms with Crippen molar-refractivity contribution in [2.24, 2.45) is 0 Å². The van der Waals surface area contributed by atoms with Gasteiger partial charge in [0.1, 0.15) is 5.82 Å². The summed E-state index contributed by atoms with van der Waals surface area (Å²) in [7, 11) is 0. The summed E-state index contributed by atoms with van der Waals surface area (Å²) >= 11 is 0. The second-order valence-electron chi connectivity index (χ2n) is 2.80. The van der Waals surface area contributed by atoms with Gasteiger partial charge in [0, 0.05) is 6.07 Å². The number of rotatable bonds is 3. The average molecular weight is 235 g/mol. The Labute approximate surface area is 88.0 Å². The molecule has 88 valence electrons. The van der Waals surface area contributed by atoms with E-state index in [2.05, 4.69) is 4.74 Å². The molecule has 0 amide bonds. The second kappa shape index (κ2) is 4.82. The van der Waals surface area contributed by atoms with E-state index in [4.69, 9.17) is 0 Å². The quantitative estimate of drug-likeness (QED) is 0.810. The molecule has 0 aliphatic carbocycles. The van der Waals surface area contributed by atoms with E-state index in [9.17, 15) is 22.8 Å². The van der Waals surface area contributed by atoms with Crippen molar-refractivity contribution >= 4 is 5.97 Å². The molecule has 0 unspecified atom stereocenters. The lowest BCUT2D eigenvalue weighted by atomic mass is 10.2. The minimum atomic E-state index is -3.02. The summed E-state index contributed by atoms with van der Waals surface area (Å²) in [5.74, 6) is -2.50. The summed E-state index contributed by atoms with van der Waals surface area (Å²) in [6.45, 7) is 1.42. The normalized spacial score (nSPS) is 10.6. The summed E-state index contributed by atoms with van der Waals surface area (Å²) in [4.78, 5) is 24.0. The number of nitrogens with one attached hydrogen (secondary N) is 1. The van der Waals surface area contributed by atoms with Crippen molar-refractivity contribution in [3.63, 3.8) is 0 Å². The molecule has 1 N–H and O–H groups in total. The first kappa shape index (κ1) is 12.3. The van der Waals surface area contributed by atoms with Gasteiger partial charge < -0.3 is 9.72 Å². The molecule has 0 atom stereocenters. The van der Waals surface area contributed by atoms with Gasteiger partial charge in [-0.1, -0.05) is 0 Å². The largest absolute Gasteiger partial charge is 0.462 e. The molecule has 0 aliphatic heterocycles. The van der Waals surface area contributed by atoms with Crippen LogP contribution in [0.5, 0.6) is 0 Å². The average Bonchev–Trinajstić information content (AvgIpc) is 2.16. The molecule has 0 saturated heterocycles. The highest BCUT2D eigenvalue weighted by Gasteiger charge is 2.21. The number of halogens is 3. The summed E-state index contributed by atoms with van der Waals surface area (Å²) in [5, 5.41) is 0. The van der Waals surface area contributed by atoms with Gasteiger partial charge in [-0.15, -0.1) is 0 Å². The van der Waals surface area contributed by atoms with E-state index in [1.807, 2.05) is 0 Å². The van der Waals surface area contributed by atoms with E-state index in [1.54, 1.807) is 4.98 Å². The van der Waals surface area contributed by atoms with Crippen LogP contribution in [0.15, 0.2) is 10.9 Å². The number of carbonyl (C=O) groups is 1. The molecule has 0 spiro atoms. The zero-order chi connectivity index (χ0) is 12.3. The number of alkyl halides is 2. The Morgan fingerprint density at radius 1 is 1.56 bits per heavy atom. The molecule has 1 aromatic heterocycles. The standard InChI is InChI=1S/C9H8F3NO3/c1-2-16-9(15)6-4(10)3-5(7(11)12)13-8(6)14/h3,7H,2H2,1H3,(H,13,14). The van der Waals surface area contributed by atoms with Crippen molar-refractivity contribution in [1.82, 2.24) is 4.98 Å². The van der Waals surface area contributed by atoms with E-state index in [0.717, 1.165) is 0 Å². The van der Waals surface area contributed by atoms with Crippen molar-refractivity contribution in [3.8, 4) is 0 Å². The van der Waals surface area contributed by atoms with Crippen molar-refractivity contribution < 1.29 is 22.7 Å². The molecule has 1 rings (SSSR count). The molecule has 0 aromatic carbocycles. The number of hydrogen-bond donors (Lipinski definition) is 1. The smallest absolute Gasteiger partial charge is 0.346 e. The predicted molar refractivity (Wildman–Crippen MR) is 47.9 cm³/mol. The lowest BCUT2D eigenvalue weighted by molar-refractivity contribution is 0.0517. The molecule has 0 aliphatic rings. The molecule has 16 heavy (non-hydrogen) atoms. The Kier molecular flexibility index (Phi) is 3.70. The van der Waals surface area contributed by atoms with Crippen molar-refractivity contribution in [3.05, 3.63) is 33.5 Å². The molecule has 1 heterocycles. The third kappa shape index (κ3) is 2.41. The van der Waals surface area contributed by atoms with Gasteiger partial charge in [-0.05, 0) is 6.92 Å². The monoisotopic (exact) mass is 235 g/mol. The van der Waals surface area contributed by atoms with E-state index in [1.165, 1.54) is 6.92 Å². The zero-order valence-corrected chi connectivity index (χ0v) is 8.22. The van der Waals surface area contributed by atoms with Gasteiger partial charge in [-0.25, -0.2) is 18.0 Å². The maximum Gasteiger partial charge on any atom is 0.346 e. The Bertz CT molecular complexity index is 456. The first-order valence-corrected chi connectivity index (χ1v) is 4.35. The van der Waals surface area contributed by atoms with Gasteiger partial charge in [-0.2, -0.15) is 0 Å². The third-order valence-electron chi connectivity index (χ3n) is 1.72. The lowest BCUT2D eigenvalue weighted by Crippen LogP contribution is -2.23. The topological polar surface area (TPSA) is 59.2 Å². The van der Waals surface area contributed by atoms with Gasteiger partial charge in [0.25, 0.3) is 12.0 Å². The number of ether oxygens (including phenoxy) is 1. The number of H-pyrrole nitrogens is 1. The number of aromatic nitrogens is 1. The summed E-state index contributed by atoms with van der Waals surface area (Å²) in [5.41, 5.74) is -3.00. The molecule has 1 aromatic rings. The van der Waals surface area contributed by atoms with Crippen LogP contribution in [0.4, 0.5) is 13.2 Å². The molecular weight excluding hydrogens is 227 g/mol. The van der Waals surface area contributed by atoms with Crippen LogP contribution in [0.2, 0.25) is 0 Å². The highest BCUT2D eigenvalue weighted by Crippen LogP contribution is 2.16. The summed E-state index contributed by atoms with van der Waals surface area (Å²) in [6.07, 6.45) is -3.02. The van der Waals surface area contributed by atoms with E-state index in [-0.39, 0.29) is 6.61 Å². The van der Waals surface area contributed by atoms with Crippen LogP contribution in [0.1, 0.15) is 29.4 Å². The Balaban J connectivity index is 3.23. The Morgan fingerprint density at radius 2 is 2.19 bits per heavy atom. The lowest BCUT2D eigenvalue weighted by Gasteiger charge is -2.04. The van der Waals surface area contributed by atoms with E-state index >= 15 is 0 Å². The summed E-state index contributed by atoms with van der Waals surface area (Å²) in [6, 6.07) is 0.401. The first-order valence-electron chi connectivity index (χ1n) is 4.35. The SMILES string of the molecule is CCOC(=O)c1c(F)cc(C(F)F)[nH]c1=O. The highest BCUT2D eigenvalue weighted by atomic mass is 19.3. The number of hydrogen-bond acceptors (Lipinski definition) is 3. The van der Waals surface area contributed by atoms with Gasteiger partial charge in [0.15, 0.2) is 5.56 Å². The van der Waals surface area contributed by atoms with Crippen LogP contribution in [-0.4, -0.2) is 17.6 Å².